The fourth-order valence-corrected chi connectivity index (χ4v) is 3.66. The van der Waals surface area contributed by atoms with Crippen molar-refractivity contribution in [1.82, 2.24) is 10.6 Å². The van der Waals surface area contributed by atoms with Crippen LogP contribution in [0.3, 0.4) is 0 Å². The predicted molar refractivity (Wildman–Crippen MR) is 92.0 cm³/mol. The van der Waals surface area contributed by atoms with Crippen molar-refractivity contribution in [3.05, 3.63) is 42.5 Å². The van der Waals surface area contributed by atoms with Crippen LogP contribution in [0.2, 0.25) is 0 Å². The second kappa shape index (κ2) is 7.26. The number of nitrogens with one attached hydrogen (secondary N) is 3. The van der Waals surface area contributed by atoms with Crippen LogP contribution in [-0.2, 0) is 14.8 Å². The summed E-state index contributed by atoms with van der Waals surface area (Å²) in [7, 11) is -4.28. The minimum atomic E-state index is -4.28. The van der Waals surface area contributed by atoms with Crippen molar-refractivity contribution in [3.63, 3.8) is 0 Å². The van der Waals surface area contributed by atoms with Gasteiger partial charge in [0.05, 0.1) is 17.0 Å². The summed E-state index contributed by atoms with van der Waals surface area (Å²) in [6, 6.07) is 5.01. The molecule has 0 aromatic heterocycles. The Morgan fingerprint density at radius 1 is 1.36 bits per heavy atom. The average molecular weight is 364 g/mol. The number of hydrogen-bond acceptors (Lipinski definition) is 5. The zero-order valence-corrected chi connectivity index (χ0v) is 14.1. The zero-order chi connectivity index (χ0) is 18.6. The van der Waals surface area contributed by atoms with Gasteiger partial charge in [-0.05, 0) is 19.1 Å². The van der Waals surface area contributed by atoms with Gasteiger partial charge in [-0.3, -0.25) is 19.6 Å². The fourth-order valence-electron chi connectivity index (χ4n) is 2.22. The molecule has 132 valence electrons. The molecule has 0 spiro atoms. The lowest BCUT2D eigenvalue weighted by atomic mass is 10.1. The minimum absolute atomic E-state index is 0.00145. The van der Waals surface area contributed by atoms with E-state index in [0.29, 0.717) is 0 Å². The predicted octanol–water partition coefficient (Wildman–Crippen LogP) is 0.423. The highest BCUT2D eigenvalue weighted by Gasteiger charge is 2.39. The van der Waals surface area contributed by atoms with Gasteiger partial charge in [-0.2, -0.15) is 0 Å². The van der Waals surface area contributed by atoms with E-state index >= 15 is 0 Å². The molecule has 0 bridgehead atoms. The number of imide groups is 1. The van der Waals surface area contributed by atoms with Crippen molar-refractivity contribution in [2.24, 2.45) is 4.99 Å². The molecule has 1 atom stereocenters. The van der Waals surface area contributed by atoms with Crippen LogP contribution in [0.15, 0.2) is 41.9 Å². The zero-order valence-electron chi connectivity index (χ0n) is 13.3. The van der Waals surface area contributed by atoms with Gasteiger partial charge in [0.2, 0.25) is 10.0 Å². The number of amides is 4. The number of rotatable bonds is 6. The van der Waals surface area contributed by atoms with E-state index in [1.54, 1.807) is 6.07 Å². The number of hydrogen-bond donors (Lipinski definition) is 3. The standard InChI is InChI=1S/C15H16N4O5S/c1-3-8-16-13(20)10-6-4-5-7-11(10)19-25(23,24)12-9(2)17-15(22)18-14(12)21/h3-7,12,19H,1,8H2,2H3,(H,16,20)(H,18,21,22). The number of carbonyl (C=O) groups is 3. The van der Waals surface area contributed by atoms with Crippen molar-refractivity contribution in [1.29, 1.82) is 0 Å². The molecule has 0 fully saturated rings. The van der Waals surface area contributed by atoms with Gasteiger partial charge in [0, 0.05) is 6.54 Å². The molecule has 2 rings (SSSR count). The molecule has 4 amide bonds. The van der Waals surface area contributed by atoms with Crippen LogP contribution in [0.25, 0.3) is 0 Å². The summed E-state index contributed by atoms with van der Waals surface area (Å²) in [5.74, 6) is -1.51. The van der Waals surface area contributed by atoms with Crippen LogP contribution in [0.4, 0.5) is 10.5 Å². The van der Waals surface area contributed by atoms with Gasteiger partial charge in [-0.15, -0.1) is 6.58 Å². The monoisotopic (exact) mass is 364 g/mol. The second-order valence-corrected chi connectivity index (χ2v) is 6.88. The maximum atomic E-state index is 12.6. The largest absolute Gasteiger partial charge is 0.349 e. The Bertz CT molecular complexity index is 876. The van der Waals surface area contributed by atoms with Crippen LogP contribution < -0.4 is 15.4 Å². The van der Waals surface area contributed by atoms with Gasteiger partial charge in [0.25, 0.3) is 11.8 Å². The molecule has 1 heterocycles. The summed E-state index contributed by atoms with van der Waals surface area (Å²) >= 11 is 0. The number of aliphatic imine (C=N–C) groups is 1. The van der Waals surface area contributed by atoms with E-state index in [1.165, 1.54) is 31.2 Å². The molecule has 1 aliphatic heterocycles. The summed E-state index contributed by atoms with van der Waals surface area (Å²) in [4.78, 5) is 38.6. The quantitative estimate of drug-likeness (QED) is 0.629. The van der Waals surface area contributed by atoms with Gasteiger partial charge in [-0.25, -0.2) is 18.2 Å². The van der Waals surface area contributed by atoms with Gasteiger partial charge in [0.1, 0.15) is 0 Å². The van der Waals surface area contributed by atoms with Crippen molar-refractivity contribution in [3.8, 4) is 0 Å². The first-order chi connectivity index (χ1) is 11.8. The smallest absolute Gasteiger partial charge is 0.347 e. The fraction of sp³-hybridized carbons (Fsp3) is 0.200. The van der Waals surface area contributed by atoms with E-state index in [0.717, 1.165) is 0 Å². The molecule has 0 aliphatic carbocycles. The Morgan fingerprint density at radius 3 is 2.68 bits per heavy atom. The lowest BCUT2D eigenvalue weighted by molar-refractivity contribution is -0.118. The summed E-state index contributed by atoms with van der Waals surface area (Å²) in [5.41, 5.74) is -0.0776. The molecule has 0 radical (unpaired) electrons. The van der Waals surface area contributed by atoms with E-state index in [4.69, 9.17) is 0 Å². The molecule has 10 heteroatoms. The summed E-state index contributed by atoms with van der Waals surface area (Å²) in [5, 5.41) is 2.71. The van der Waals surface area contributed by atoms with Crippen LogP contribution in [0.1, 0.15) is 17.3 Å². The maximum Gasteiger partial charge on any atom is 0.347 e. The van der Waals surface area contributed by atoms with Gasteiger partial charge >= 0.3 is 6.03 Å². The van der Waals surface area contributed by atoms with Crippen LogP contribution in [0.5, 0.6) is 0 Å². The minimum Gasteiger partial charge on any atom is -0.349 e. The second-order valence-electron chi connectivity index (χ2n) is 5.12. The van der Waals surface area contributed by atoms with Crippen molar-refractivity contribution in [2.75, 3.05) is 11.3 Å². The summed E-state index contributed by atoms with van der Waals surface area (Å²) < 4.78 is 27.3. The number of para-hydroxylation sites is 1. The Hall–Kier alpha value is -3.01. The third-order valence-electron chi connectivity index (χ3n) is 3.27. The first kappa shape index (κ1) is 18.3. The van der Waals surface area contributed by atoms with Crippen molar-refractivity contribution in [2.45, 2.75) is 12.2 Å². The molecule has 25 heavy (non-hydrogen) atoms. The molecule has 9 nitrogen and oxygen atoms in total. The van der Waals surface area contributed by atoms with E-state index in [-0.39, 0.29) is 23.5 Å². The molecule has 1 aromatic carbocycles. The highest BCUT2D eigenvalue weighted by molar-refractivity contribution is 7.94. The Labute approximate surface area is 144 Å². The highest BCUT2D eigenvalue weighted by Crippen LogP contribution is 2.19. The van der Waals surface area contributed by atoms with Crippen LogP contribution in [-0.4, -0.2) is 43.8 Å². The first-order valence-corrected chi connectivity index (χ1v) is 8.70. The number of anilines is 1. The Kier molecular flexibility index (Phi) is 5.32. The molecule has 1 aliphatic rings. The number of nitrogens with zero attached hydrogens (tertiary/aromatic N) is 1. The molecule has 3 N–H and O–H groups in total. The van der Waals surface area contributed by atoms with Gasteiger partial charge < -0.3 is 5.32 Å². The van der Waals surface area contributed by atoms with Crippen LogP contribution in [0, 0.1) is 0 Å². The first-order valence-electron chi connectivity index (χ1n) is 7.16. The summed E-state index contributed by atoms with van der Waals surface area (Å²) in [6.45, 7) is 4.96. The molecule has 0 saturated carbocycles. The lowest BCUT2D eigenvalue weighted by Crippen LogP contribution is -2.51. The number of sulfonamides is 1. The maximum absolute atomic E-state index is 12.6. The molecular weight excluding hydrogens is 348 g/mol. The summed E-state index contributed by atoms with van der Waals surface area (Å²) in [6.07, 6.45) is 1.48. The van der Waals surface area contributed by atoms with E-state index in [9.17, 15) is 22.8 Å². The average Bonchev–Trinajstić information content (AvgIpc) is 2.51. The van der Waals surface area contributed by atoms with E-state index in [1.807, 2.05) is 5.32 Å². The Balaban J connectivity index is 2.34. The molecule has 0 saturated heterocycles. The van der Waals surface area contributed by atoms with Crippen LogP contribution >= 0.6 is 0 Å². The van der Waals surface area contributed by atoms with Crippen molar-refractivity contribution >= 4 is 39.3 Å². The van der Waals surface area contributed by atoms with E-state index < -0.39 is 33.1 Å². The normalized spacial score (nSPS) is 17.3. The van der Waals surface area contributed by atoms with E-state index in [2.05, 4.69) is 21.6 Å². The lowest BCUT2D eigenvalue weighted by Gasteiger charge is -2.21. The van der Waals surface area contributed by atoms with Crippen molar-refractivity contribution < 1.29 is 22.8 Å². The third kappa shape index (κ3) is 4.10. The molecular formula is C15H16N4O5S. The van der Waals surface area contributed by atoms with Gasteiger partial charge in [-0.1, -0.05) is 18.2 Å². The number of benzene rings is 1. The molecule has 1 unspecified atom stereocenters. The molecule has 1 aromatic rings. The topological polar surface area (TPSA) is 134 Å². The number of carbonyl (C=O) groups excluding carboxylic acids is 3. The highest BCUT2D eigenvalue weighted by atomic mass is 32.2. The SMILES string of the molecule is C=CCNC(=O)c1ccccc1NS(=O)(=O)C1C(=O)NC(=O)N=C1C. The number of urea groups is 1. The Morgan fingerprint density at radius 2 is 2.04 bits per heavy atom. The third-order valence-corrected chi connectivity index (χ3v) is 4.95. The van der Waals surface area contributed by atoms with Gasteiger partial charge in [0.15, 0.2) is 5.25 Å².